The number of aromatic nitrogens is 4. The molecule has 1 saturated carbocycles. The van der Waals surface area contributed by atoms with E-state index < -0.39 is 0 Å². The van der Waals surface area contributed by atoms with Crippen LogP contribution in [0.4, 0.5) is 17.3 Å². The van der Waals surface area contributed by atoms with Gasteiger partial charge in [-0.25, -0.2) is 15.0 Å². The van der Waals surface area contributed by atoms with E-state index >= 15 is 0 Å². The van der Waals surface area contributed by atoms with Crippen molar-refractivity contribution in [1.82, 2.24) is 19.4 Å². The Hall–Kier alpha value is -4.13. The van der Waals surface area contributed by atoms with Crippen molar-refractivity contribution in [2.75, 3.05) is 16.4 Å². The molecule has 7 heteroatoms. The van der Waals surface area contributed by atoms with Crippen molar-refractivity contribution < 1.29 is 0 Å². The Balaban J connectivity index is 1.19. The van der Waals surface area contributed by atoms with Crippen molar-refractivity contribution >= 4 is 33.7 Å². The molecule has 4 aromatic heterocycles. The molecule has 1 aliphatic carbocycles. The zero-order valence-corrected chi connectivity index (χ0v) is 20.0. The minimum Gasteiger partial charge on any atom is -0.383 e. The van der Waals surface area contributed by atoms with Crippen molar-refractivity contribution in [3.05, 3.63) is 89.1 Å². The maximum atomic E-state index is 6.11. The van der Waals surface area contributed by atoms with Gasteiger partial charge >= 0.3 is 0 Å². The van der Waals surface area contributed by atoms with Gasteiger partial charge in [-0.15, -0.1) is 0 Å². The first-order valence-corrected chi connectivity index (χ1v) is 12.1. The Bertz CT molecular complexity index is 1550. The van der Waals surface area contributed by atoms with Crippen molar-refractivity contribution in [2.45, 2.75) is 45.7 Å². The largest absolute Gasteiger partial charge is 0.383 e. The van der Waals surface area contributed by atoms with Crippen LogP contribution in [0.2, 0.25) is 0 Å². The molecule has 0 aliphatic heterocycles. The van der Waals surface area contributed by atoms with Gasteiger partial charge in [0.1, 0.15) is 17.3 Å². The summed E-state index contributed by atoms with van der Waals surface area (Å²) in [7, 11) is 0. The number of rotatable bonds is 7. The lowest BCUT2D eigenvalue weighted by Gasteiger charge is -2.17. The second-order valence-electron chi connectivity index (χ2n) is 9.43. The first kappa shape index (κ1) is 21.4. The Morgan fingerprint density at radius 2 is 1.86 bits per heavy atom. The first-order chi connectivity index (χ1) is 17.1. The summed E-state index contributed by atoms with van der Waals surface area (Å²) in [6, 6.07) is 12.5. The van der Waals surface area contributed by atoms with Gasteiger partial charge in [0.2, 0.25) is 0 Å². The zero-order valence-electron chi connectivity index (χ0n) is 20.0. The van der Waals surface area contributed by atoms with E-state index in [-0.39, 0.29) is 0 Å². The average Bonchev–Trinajstić information content (AvgIpc) is 3.63. The number of nitrogens with two attached hydrogens (primary N) is 1. The lowest BCUT2D eigenvalue weighted by Crippen LogP contribution is -2.09. The summed E-state index contributed by atoms with van der Waals surface area (Å²) >= 11 is 0. The molecule has 0 radical (unpaired) electrons. The summed E-state index contributed by atoms with van der Waals surface area (Å²) in [4.78, 5) is 13.6. The lowest BCUT2D eigenvalue weighted by molar-refractivity contribution is 1.04. The van der Waals surface area contributed by atoms with E-state index in [9.17, 15) is 0 Å². The van der Waals surface area contributed by atoms with Crippen molar-refractivity contribution in [3.63, 3.8) is 0 Å². The van der Waals surface area contributed by atoms with Crippen LogP contribution in [0.25, 0.3) is 16.4 Å². The van der Waals surface area contributed by atoms with Gasteiger partial charge in [0.15, 0.2) is 0 Å². The van der Waals surface area contributed by atoms with Crippen LogP contribution >= 0.6 is 0 Å². The third kappa shape index (κ3) is 4.14. The third-order valence-corrected chi connectivity index (χ3v) is 6.99. The van der Waals surface area contributed by atoms with Gasteiger partial charge in [-0.1, -0.05) is 6.07 Å². The molecule has 1 aliphatic rings. The van der Waals surface area contributed by atoms with Crippen molar-refractivity contribution in [3.8, 4) is 0 Å². The van der Waals surface area contributed by atoms with Gasteiger partial charge in [0, 0.05) is 36.7 Å². The molecule has 0 atom stereocenters. The number of aryl methyl sites for hydroxylation is 2. The second-order valence-corrected chi connectivity index (χ2v) is 9.43. The molecule has 0 unspecified atom stereocenters. The molecular weight excluding hydrogens is 434 g/mol. The number of hydrogen-bond donors (Lipinski definition) is 3. The summed E-state index contributed by atoms with van der Waals surface area (Å²) in [6.07, 6.45) is 10.5. The zero-order chi connectivity index (χ0) is 23.9. The molecule has 7 nitrogen and oxygen atoms in total. The number of fused-ring (bicyclic) bond motifs is 2. The molecule has 0 bridgehead atoms. The molecule has 4 N–H and O–H groups in total. The van der Waals surface area contributed by atoms with E-state index in [0.29, 0.717) is 18.9 Å². The van der Waals surface area contributed by atoms with E-state index in [1.807, 2.05) is 24.4 Å². The number of nitrogen functional groups attached to an aromatic ring is 1. The van der Waals surface area contributed by atoms with Crippen LogP contribution in [0.5, 0.6) is 0 Å². The molecule has 1 aromatic carbocycles. The molecule has 0 amide bonds. The molecule has 0 saturated heterocycles. The van der Waals surface area contributed by atoms with Gasteiger partial charge in [0.25, 0.3) is 0 Å². The summed E-state index contributed by atoms with van der Waals surface area (Å²) in [5.74, 6) is 2.12. The topological polar surface area (TPSA) is 93.2 Å². The number of pyridine rings is 3. The summed E-state index contributed by atoms with van der Waals surface area (Å²) < 4.78 is 2.14. The van der Waals surface area contributed by atoms with Crippen LogP contribution in [0.1, 0.15) is 46.7 Å². The van der Waals surface area contributed by atoms with E-state index in [0.717, 1.165) is 39.5 Å². The predicted molar refractivity (Wildman–Crippen MR) is 142 cm³/mol. The van der Waals surface area contributed by atoms with Gasteiger partial charge < -0.3 is 20.8 Å². The van der Waals surface area contributed by atoms with Crippen LogP contribution in [-0.2, 0) is 13.1 Å². The normalized spacial score (nSPS) is 13.4. The molecule has 176 valence electrons. The average molecular weight is 464 g/mol. The van der Waals surface area contributed by atoms with E-state index in [1.165, 1.54) is 35.1 Å². The highest BCUT2D eigenvalue weighted by Crippen LogP contribution is 2.40. The van der Waals surface area contributed by atoms with Gasteiger partial charge in [-0.3, -0.25) is 0 Å². The maximum Gasteiger partial charge on any atom is 0.149 e. The van der Waals surface area contributed by atoms with Gasteiger partial charge in [-0.2, -0.15) is 0 Å². The first-order valence-electron chi connectivity index (χ1n) is 12.1. The highest BCUT2D eigenvalue weighted by atomic mass is 15.1. The van der Waals surface area contributed by atoms with Gasteiger partial charge in [0.05, 0.1) is 17.9 Å². The van der Waals surface area contributed by atoms with Crippen LogP contribution in [0.3, 0.4) is 0 Å². The third-order valence-electron chi connectivity index (χ3n) is 6.99. The van der Waals surface area contributed by atoms with Crippen LogP contribution < -0.4 is 16.4 Å². The summed E-state index contributed by atoms with van der Waals surface area (Å²) in [5, 5.41) is 9.19. The smallest absolute Gasteiger partial charge is 0.149 e. The van der Waals surface area contributed by atoms with Gasteiger partial charge in [-0.05, 0) is 90.6 Å². The minimum absolute atomic E-state index is 0.570. The van der Waals surface area contributed by atoms with Crippen LogP contribution in [0, 0.1) is 13.8 Å². The number of anilines is 3. The Morgan fingerprint density at radius 1 is 0.971 bits per heavy atom. The standard InChI is InChI=1S/C28H29N7/c1-17-12-23-22(9-11-30-27(23)29)18(2)24(17)14-33-28-25(4-3-10-31-28)32-13-21-16-35-15-20(19-5-6-19)7-8-26(35)34-21/h3-4,7-12,15-16,19,32H,5-6,13-14H2,1-2H3,(H2,29,30)(H,31,33). The van der Waals surface area contributed by atoms with Crippen LogP contribution in [0.15, 0.2) is 61.2 Å². The maximum absolute atomic E-state index is 6.11. The second kappa shape index (κ2) is 8.58. The minimum atomic E-state index is 0.570. The predicted octanol–water partition coefficient (Wildman–Crippen LogP) is 5.58. The molecule has 4 heterocycles. The summed E-state index contributed by atoms with van der Waals surface area (Å²) in [6.45, 7) is 5.55. The number of imidazole rings is 1. The molecule has 5 aromatic rings. The fourth-order valence-electron chi connectivity index (χ4n) is 4.85. The molecule has 6 rings (SSSR count). The SMILES string of the molecule is Cc1cc2c(N)nccc2c(C)c1CNc1ncccc1NCc1cn2cc(C3CC3)ccc2n1. The van der Waals surface area contributed by atoms with E-state index in [2.05, 4.69) is 69.4 Å². The quantitative estimate of drug-likeness (QED) is 0.292. The van der Waals surface area contributed by atoms with E-state index in [4.69, 9.17) is 10.7 Å². The van der Waals surface area contributed by atoms with Crippen molar-refractivity contribution in [1.29, 1.82) is 0 Å². The highest BCUT2D eigenvalue weighted by Gasteiger charge is 2.23. The van der Waals surface area contributed by atoms with Crippen molar-refractivity contribution in [2.24, 2.45) is 0 Å². The summed E-state index contributed by atoms with van der Waals surface area (Å²) in [5.41, 5.74) is 14.1. The Labute approximate surface area is 204 Å². The van der Waals surface area contributed by atoms with E-state index in [1.54, 1.807) is 6.20 Å². The number of nitrogens with zero attached hydrogens (tertiary/aromatic N) is 4. The molecule has 0 spiro atoms. The highest BCUT2D eigenvalue weighted by molar-refractivity contribution is 5.94. The lowest BCUT2D eigenvalue weighted by atomic mass is 9.96. The fraction of sp³-hybridized carbons (Fsp3) is 0.250. The van der Waals surface area contributed by atoms with Crippen LogP contribution in [-0.4, -0.2) is 19.4 Å². The fourth-order valence-corrected chi connectivity index (χ4v) is 4.85. The Kier molecular flexibility index (Phi) is 5.25. The Morgan fingerprint density at radius 3 is 2.71 bits per heavy atom. The number of benzene rings is 1. The molecule has 1 fully saturated rings. The number of nitrogens with one attached hydrogen (secondary N) is 2. The monoisotopic (exact) mass is 463 g/mol. The molecule has 35 heavy (non-hydrogen) atoms. The molecular formula is C28H29N7. The number of hydrogen-bond acceptors (Lipinski definition) is 6.